The summed E-state index contributed by atoms with van der Waals surface area (Å²) in [5.74, 6) is -0.539. The second kappa shape index (κ2) is 12.8. The van der Waals surface area contributed by atoms with Crippen molar-refractivity contribution in [2.24, 2.45) is 0 Å². The highest BCUT2D eigenvalue weighted by atomic mass is 32.2. The van der Waals surface area contributed by atoms with E-state index in [1.807, 2.05) is 29.2 Å². The van der Waals surface area contributed by atoms with Gasteiger partial charge < -0.3 is 20.7 Å². The number of nitrogens with zero attached hydrogens (tertiary/aromatic N) is 3. The van der Waals surface area contributed by atoms with Gasteiger partial charge in [0.25, 0.3) is 0 Å². The third kappa shape index (κ3) is 7.59. The fraction of sp³-hybridized carbons (Fsp3) is 0.310. The molecule has 1 aliphatic heterocycles. The first-order valence-electron chi connectivity index (χ1n) is 13.3. The quantitative estimate of drug-likeness (QED) is 0.333. The summed E-state index contributed by atoms with van der Waals surface area (Å²) in [6, 6.07) is 14.1. The summed E-state index contributed by atoms with van der Waals surface area (Å²) in [6.07, 6.45) is -1.47. The van der Waals surface area contributed by atoms with E-state index in [9.17, 15) is 26.4 Å². The van der Waals surface area contributed by atoms with Gasteiger partial charge in [-0.2, -0.15) is 4.31 Å². The van der Waals surface area contributed by atoms with Crippen LogP contribution in [0.1, 0.15) is 24.5 Å². The van der Waals surface area contributed by atoms with Crippen molar-refractivity contribution in [1.82, 2.24) is 14.6 Å². The molecule has 1 amide bonds. The fourth-order valence-corrected chi connectivity index (χ4v) is 6.24. The number of halogens is 3. The zero-order valence-corrected chi connectivity index (χ0v) is 23.8. The largest absolute Gasteiger partial charge is 0.573 e. The second-order valence-electron chi connectivity index (χ2n) is 9.82. The number of benzene rings is 2. The Kier molecular flexibility index (Phi) is 9.42. The SMILES string of the molecule is C=C(C(=O)NCc1ccc(CCC)cc1)[C@H]1CN(c2ccc(N)cn2)CCN1S(=O)(=O)c1ccc(OC(F)(F)F)cc1. The lowest BCUT2D eigenvalue weighted by atomic mass is 10.0. The van der Waals surface area contributed by atoms with E-state index in [-0.39, 0.29) is 36.6 Å². The molecule has 0 bridgehead atoms. The van der Waals surface area contributed by atoms with Gasteiger partial charge in [0.15, 0.2) is 0 Å². The number of carbonyl (C=O) groups excluding carboxylic acids is 1. The van der Waals surface area contributed by atoms with Crippen LogP contribution in [0.5, 0.6) is 5.75 Å². The molecule has 0 radical (unpaired) electrons. The average molecular weight is 604 g/mol. The second-order valence-corrected chi connectivity index (χ2v) is 11.7. The van der Waals surface area contributed by atoms with Crippen molar-refractivity contribution < 1.29 is 31.1 Å². The Balaban J connectivity index is 1.56. The van der Waals surface area contributed by atoms with Gasteiger partial charge in [0.05, 0.1) is 22.8 Å². The van der Waals surface area contributed by atoms with Crippen LogP contribution in [-0.2, 0) is 27.8 Å². The molecule has 2 aromatic carbocycles. The summed E-state index contributed by atoms with van der Waals surface area (Å²) in [4.78, 5) is 19.1. The number of hydrogen-bond donors (Lipinski definition) is 2. The lowest BCUT2D eigenvalue weighted by Crippen LogP contribution is -2.57. The minimum atomic E-state index is -4.92. The van der Waals surface area contributed by atoms with E-state index < -0.39 is 34.1 Å². The molecule has 4 rings (SSSR count). The number of hydrogen-bond acceptors (Lipinski definition) is 7. The van der Waals surface area contributed by atoms with Gasteiger partial charge >= 0.3 is 6.36 Å². The Bertz CT molecular complexity index is 1500. The molecule has 13 heteroatoms. The molecular formula is C29H32F3N5O4S. The lowest BCUT2D eigenvalue weighted by Gasteiger charge is -2.41. The molecule has 3 N–H and O–H groups in total. The van der Waals surface area contributed by atoms with Crippen LogP contribution in [0, 0.1) is 0 Å². The molecule has 2 heterocycles. The number of anilines is 2. The summed E-state index contributed by atoms with van der Waals surface area (Å²) in [5.41, 5.74) is 8.29. The number of pyridine rings is 1. The first-order chi connectivity index (χ1) is 19.9. The standard InChI is InChI=1S/C29H32F3N5O4S/c1-3-4-21-5-7-22(8-6-21)17-35-28(38)20(2)26-19-36(27-14-9-23(33)18-34-27)15-16-37(26)42(39,40)25-12-10-24(11-13-25)41-29(30,31)32/h5-14,18,26H,2-4,15-17,19,33H2,1H3,(H,35,38)/t26-/m1/s1. The molecule has 1 aromatic heterocycles. The van der Waals surface area contributed by atoms with Gasteiger partial charge in [-0.15, -0.1) is 13.2 Å². The third-order valence-corrected chi connectivity index (χ3v) is 8.72. The number of aromatic nitrogens is 1. The Morgan fingerprint density at radius 2 is 1.74 bits per heavy atom. The van der Waals surface area contributed by atoms with E-state index in [1.54, 1.807) is 12.1 Å². The molecule has 0 aliphatic carbocycles. The highest BCUT2D eigenvalue weighted by Gasteiger charge is 2.40. The number of aryl methyl sites for hydroxylation is 1. The molecule has 0 spiro atoms. The van der Waals surface area contributed by atoms with E-state index in [2.05, 4.69) is 28.5 Å². The van der Waals surface area contributed by atoms with Crippen LogP contribution in [-0.4, -0.2) is 55.7 Å². The van der Waals surface area contributed by atoms with Crippen LogP contribution < -0.4 is 20.7 Å². The lowest BCUT2D eigenvalue weighted by molar-refractivity contribution is -0.274. The van der Waals surface area contributed by atoms with Crippen molar-refractivity contribution in [2.45, 2.75) is 43.6 Å². The number of carbonyl (C=O) groups is 1. The van der Waals surface area contributed by atoms with Crippen LogP contribution in [0.2, 0.25) is 0 Å². The molecule has 42 heavy (non-hydrogen) atoms. The Labute approximate surface area is 242 Å². The third-order valence-electron chi connectivity index (χ3n) is 6.80. The smallest absolute Gasteiger partial charge is 0.406 e. The topological polar surface area (TPSA) is 118 Å². The Morgan fingerprint density at radius 3 is 2.33 bits per heavy atom. The van der Waals surface area contributed by atoms with Crippen molar-refractivity contribution in [3.63, 3.8) is 0 Å². The fourth-order valence-electron chi connectivity index (χ4n) is 4.64. The maximum atomic E-state index is 13.7. The zero-order valence-electron chi connectivity index (χ0n) is 23.0. The molecule has 1 saturated heterocycles. The molecule has 1 aliphatic rings. The van der Waals surface area contributed by atoms with Gasteiger partial charge in [-0.1, -0.05) is 44.2 Å². The van der Waals surface area contributed by atoms with Gasteiger partial charge in [-0.3, -0.25) is 4.79 Å². The predicted molar refractivity (Wildman–Crippen MR) is 153 cm³/mol. The number of ether oxygens (including phenoxy) is 1. The predicted octanol–water partition coefficient (Wildman–Crippen LogP) is 4.27. The minimum Gasteiger partial charge on any atom is -0.406 e. The molecular weight excluding hydrogens is 571 g/mol. The van der Waals surface area contributed by atoms with Crippen LogP contribution >= 0.6 is 0 Å². The van der Waals surface area contributed by atoms with E-state index in [1.165, 1.54) is 11.8 Å². The highest BCUT2D eigenvalue weighted by molar-refractivity contribution is 7.89. The number of rotatable bonds is 10. The highest BCUT2D eigenvalue weighted by Crippen LogP contribution is 2.29. The van der Waals surface area contributed by atoms with E-state index in [4.69, 9.17) is 5.73 Å². The molecule has 1 atom stereocenters. The zero-order chi connectivity index (χ0) is 30.5. The van der Waals surface area contributed by atoms with Gasteiger partial charge in [0.1, 0.15) is 11.6 Å². The van der Waals surface area contributed by atoms with Gasteiger partial charge in [0.2, 0.25) is 15.9 Å². The number of nitrogens with one attached hydrogen (secondary N) is 1. The first kappa shape index (κ1) is 30.8. The molecule has 0 saturated carbocycles. The van der Waals surface area contributed by atoms with E-state index >= 15 is 0 Å². The maximum Gasteiger partial charge on any atom is 0.573 e. The van der Waals surface area contributed by atoms with Crippen LogP contribution in [0.25, 0.3) is 0 Å². The number of nitrogens with two attached hydrogens (primary N) is 1. The number of sulfonamides is 1. The van der Waals surface area contributed by atoms with Crippen molar-refractivity contribution >= 4 is 27.4 Å². The van der Waals surface area contributed by atoms with E-state index in [0.29, 0.717) is 11.5 Å². The molecule has 9 nitrogen and oxygen atoms in total. The molecule has 3 aromatic rings. The molecule has 0 unspecified atom stereocenters. The number of piperazine rings is 1. The van der Waals surface area contributed by atoms with Gasteiger partial charge in [0, 0.05) is 31.8 Å². The first-order valence-corrected chi connectivity index (χ1v) is 14.7. The number of alkyl halides is 3. The molecule has 1 fully saturated rings. The van der Waals surface area contributed by atoms with Crippen LogP contribution in [0.3, 0.4) is 0 Å². The van der Waals surface area contributed by atoms with Gasteiger partial charge in [-0.25, -0.2) is 13.4 Å². The van der Waals surface area contributed by atoms with Crippen molar-refractivity contribution in [1.29, 1.82) is 0 Å². The Morgan fingerprint density at radius 1 is 1.07 bits per heavy atom. The van der Waals surface area contributed by atoms with Crippen LogP contribution in [0.15, 0.2) is 83.9 Å². The summed E-state index contributed by atoms with van der Waals surface area (Å²) < 4.78 is 70.2. The monoisotopic (exact) mass is 603 g/mol. The molecule has 224 valence electrons. The summed E-state index contributed by atoms with van der Waals surface area (Å²) in [5, 5.41) is 2.82. The van der Waals surface area contributed by atoms with Crippen molar-refractivity contribution in [3.8, 4) is 5.75 Å². The van der Waals surface area contributed by atoms with Crippen molar-refractivity contribution in [2.75, 3.05) is 30.3 Å². The van der Waals surface area contributed by atoms with Gasteiger partial charge in [-0.05, 0) is 53.9 Å². The Hall–Kier alpha value is -4.10. The maximum absolute atomic E-state index is 13.7. The van der Waals surface area contributed by atoms with E-state index in [0.717, 1.165) is 47.0 Å². The number of amides is 1. The number of nitrogen functional groups attached to an aromatic ring is 1. The van der Waals surface area contributed by atoms with Crippen molar-refractivity contribution in [3.05, 3.63) is 90.1 Å². The summed E-state index contributed by atoms with van der Waals surface area (Å²) in [7, 11) is -4.25. The minimum absolute atomic E-state index is 0.0124. The average Bonchev–Trinajstić information content (AvgIpc) is 2.96. The summed E-state index contributed by atoms with van der Waals surface area (Å²) in [6.45, 7) is 6.52. The normalized spacial score (nSPS) is 16.2. The van der Waals surface area contributed by atoms with Crippen LogP contribution in [0.4, 0.5) is 24.7 Å². The summed E-state index contributed by atoms with van der Waals surface area (Å²) >= 11 is 0.